The van der Waals surface area contributed by atoms with Crippen molar-refractivity contribution in [3.8, 4) is 11.8 Å². The van der Waals surface area contributed by atoms with Crippen LogP contribution in [0.4, 0.5) is 5.69 Å². The van der Waals surface area contributed by atoms with Crippen LogP contribution in [0.25, 0.3) is 6.08 Å². The van der Waals surface area contributed by atoms with E-state index in [4.69, 9.17) is 16.3 Å². The van der Waals surface area contributed by atoms with Gasteiger partial charge in [0, 0.05) is 4.90 Å². The van der Waals surface area contributed by atoms with Crippen LogP contribution in [0.3, 0.4) is 0 Å². The third kappa shape index (κ3) is 4.31. The Morgan fingerprint density at radius 1 is 1.33 bits per heavy atom. The van der Waals surface area contributed by atoms with Gasteiger partial charge in [-0.1, -0.05) is 29.8 Å². The van der Waals surface area contributed by atoms with Crippen LogP contribution in [-0.2, 0) is 4.79 Å². The van der Waals surface area contributed by atoms with Gasteiger partial charge in [0.15, 0.2) is 0 Å². The fourth-order valence-electron chi connectivity index (χ4n) is 2.01. The summed E-state index contributed by atoms with van der Waals surface area (Å²) in [5.41, 5.74) is 1.14. The summed E-state index contributed by atoms with van der Waals surface area (Å²) in [5.74, 6) is 0.179. The number of nitrogens with zero attached hydrogens (tertiary/aromatic N) is 1. The number of carbonyl (C=O) groups is 1. The number of rotatable bonds is 5. The molecule has 24 heavy (non-hydrogen) atoms. The Hall–Kier alpha value is -2.42. The zero-order chi connectivity index (χ0) is 17.5. The average Bonchev–Trinajstić information content (AvgIpc) is 2.61. The second kappa shape index (κ2) is 8.44. The smallest absolute Gasteiger partial charge is 0.266 e. The van der Waals surface area contributed by atoms with Crippen LogP contribution in [0, 0.1) is 11.3 Å². The molecule has 1 N–H and O–H groups in total. The van der Waals surface area contributed by atoms with Gasteiger partial charge in [-0.15, -0.1) is 11.8 Å². The molecule has 0 unspecified atom stereocenters. The lowest BCUT2D eigenvalue weighted by Gasteiger charge is -2.08. The van der Waals surface area contributed by atoms with Gasteiger partial charge in [-0.3, -0.25) is 4.79 Å². The van der Waals surface area contributed by atoms with Crippen molar-refractivity contribution >= 4 is 41.0 Å². The second-order valence-electron chi connectivity index (χ2n) is 4.72. The number of amides is 1. The maximum Gasteiger partial charge on any atom is 0.266 e. The molecule has 0 saturated carbocycles. The third-order valence-electron chi connectivity index (χ3n) is 3.21. The number of methoxy groups -OCH3 is 1. The maximum absolute atomic E-state index is 12.3. The van der Waals surface area contributed by atoms with Gasteiger partial charge >= 0.3 is 0 Å². The maximum atomic E-state index is 12.3. The van der Waals surface area contributed by atoms with Gasteiger partial charge < -0.3 is 10.1 Å². The fourth-order valence-corrected chi connectivity index (χ4v) is 2.74. The first-order valence-corrected chi connectivity index (χ1v) is 8.59. The number of hydrogen-bond acceptors (Lipinski definition) is 4. The first-order valence-electron chi connectivity index (χ1n) is 6.98. The number of benzene rings is 2. The van der Waals surface area contributed by atoms with Crippen molar-refractivity contribution in [3.63, 3.8) is 0 Å². The fraction of sp³-hybridized carbons (Fsp3) is 0.111. The van der Waals surface area contributed by atoms with E-state index in [1.807, 2.05) is 24.5 Å². The summed E-state index contributed by atoms with van der Waals surface area (Å²) in [6, 6.07) is 14.3. The number of thioether (sulfide) groups is 1. The Morgan fingerprint density at radius 2 is 2.08 bits per heavy atom. The molecule has 0 fully saturated rings. The molecular formula is C18H15ClN2O2S. The van der Waals surface area contributed by atoms with E-state index in [0.717, 1.165) is 4.90 Å². The normalized spacial score (nSPS) is 10.8. The molecule has 0 saturated heterocycles. The first kappa shape index (κ1) is 17.9. The molecule has 0 atom stereocenters. The number of para-hydroxylation sites is 1. The van der Waals surface area contributed by atoms with Crippen LogP contribution in [0.2, 0.25) is 5.02 Å². The Balaban J connectivity index is 2.27. The van der Waals surface area contributed by atoms with Crippen molar-refractivity contribution in [1.82, 2.24) is 0 Å². The minimum absolute atomic E-state index is 0.0196. The van der Waals surface area contributed by atoms with Gasteiger partial charge in [-0.25, -0.2) is 0 Å². The number of ether oxygens (including phenoxy) is 1. The monoisotopic (exact) mass is 358 g/mol. The van der Waals surface area contributed by atoms with Gasteiger partial charge in [0.05, 0.1) is 17.8 Å². The van der Waals surface area contributed by atoms with Crippen LogP contribution in [0.15, 0.2) is 52.9 Å². The topological polar surface area (TPSA) is 62.1 Å². The van der Waals surface area contributed by atoms with E-state index in [0.29, 0.717) is 22.0 Å². The summed E-state index contributed by atoms with van der Waals surface area (Å²) < 4.78 is 5.31. The minimum atomic E-state index is -0.515. The van der Waals surface area contributed by atoms with E-state index in [-0.39, 0.29) is 5.57 Å². The van der Waals surface area contributed by atoms with Gasteiger partial charge in [-0.05, 0) is 42.2 Å². The standard InChI is InChI=1S/C18H15ClN2O2S/c1-23-16-10-12(7-8-17(16)24-2)9-13(11-20)18(22)21-15-6-4-3-5-14(15)19/h3-10H,1-2H3,(H,21,22)/b13-9-. The van der Waals surface area contributed by atoms with Gasteiger partial charge in [-0.2, -0.15) is 5.26 Å². The Labute approximate surface area is 150 Å². The van der Waals surface area contributed by atoms with E-state index in [2.05, 4.69) is 5.32 Å². The summed E-state index contributed by atoms with van der Waals surface area (Å²) in [4.78, 5) is 13.3. The molecule has 4 nitrogen and oxygen atoms in total. The number of nitrogens with one attached hydrogen (secondary N) is 1. The highest BCUT2D eigenvalue weighted by molar-refractivity contribution is 7.98. The number of anilines is 1. The zero-order valence-electron chi connectivity index (χ0n) is 13.2. The average molecular weight is 359 g/mol. The van der Waals surface area contributed by atoms with E-state index < -0.39 is 5.91 Å². The highest BCUT2D eigenvalue weighted by atomic mass is 35.5. The van der Waals surface area contributed by atoms with Crippen LogP contribution in [-0.4, -0.2) is 19.3 Å². The molecule has 0 spiro atoms. The van der Waals surface area contributed by atoms with Crippen molar-refractivity contribution in [1.29, 1.82) is 5.26 Å². The molecule has 0 aromatic heterocycles. The van der Waals surface area contributed by atoms with Gasteiger partial charge in [0.2, 0.25) is 0 Å². The van der Waals surface area contributed by atoms with Crippen molar-refractivity contribution in [3.05, 3.63) is 58.6 Å². The number of nitriles is 1. The lowest BCUT2D eigenvalue weighted by Crippen LogP contribution is -2.13. The predicted molar refractivity (Wildman–Crippen MR) is 98.4 cm³/mol. The number of hydrogen-bond donors (Lipinski definition) is 1. The zero-order valence-corrected chi connectivity index (χ0v) is 14.7. The molecular weight excluding hydrogens is 344 g/mol. The second-order valence-corrected chi connectivity index (χ2v) is 5.97. The Kier molecular flexibility index (Phi) is 6.30. The molecule has 0 heterocycles. The Morgan fingerprint density at radius 3 is 2.71 bits per heavy atom. The molecule has 0 radical (unpaired) electrons. The largest absolute Gasteiger partial charge is 0.496 e. The summed E-state index contributed by atoms with van der Waals surface area (Å²) in [7, 11) is 1.58. The number of halogens is 1. The highest BCUT2D eigenvalue weighted by Crippen LogP contribution is 2.29. The van der Waals surface area contributed by atoms with Crippen molar-refractivity contribution in [2.75, 3.05) is 18.7 Å². The van der Waals surface area contributed by atoms with Gasteiger partial charge in [0.1, 0.15) is 17.4 Å². The molecule has 122 valence electrons. The van der Waals surface area contributed by atoms with Crippen molar-refractivity contribution < 1.29 is 9.53 Å². The lowest BCUT2D eigenvalue weighted by atomic mass is 10.1. The molecule has 0 aliphatic carbocycles. The predicted octanol–water partition coefficient (Wildman–Crippen LogP) is 4.62. The molecule has 6 heteroatoms. The highest BCUT2D eigenvalue weighted by Gasteiger charge is 2.12. The molecule has 2 rings (SSSR count). The van der Waals surface area contributed by atoms with Crippen molar-refractivity contribution in [2.45, 2.75) is 4.90 Å². The molecule has 0 aliphatic heterocycles. The van der Waals surface area contributed by atoms with Gasteiger partial charge in [0.25, 0.3) is 5.91 Å². The summed E-state index contributed by atoms with van der Waals surface area (Å²) in [5, 5.41) is 12.3. The van der Waals surface area contributed by atoms with Crippen LogP contribution in [0.1, 0.15) is 5.56 Å². The van der Waals surface area contributed by atoms with E-state index in [1.54, 1.807) is 49.2 Å². The molecule has 2 aromatic rings. The quantitative estimate of drug-likeness (QED) is 0.481. The van der Waals surface area contributed by atoms with E-state index in [1.165, 1.54) is 6.08 Å². The van der Waals surface area contributed by atoms with Crippen LogP contribution in [0.5, 0.6) is 5.75 Å². The van der Waals surface area contributed by atoms with Crippen LogP contribution >= 0.6 is 23.4 Å². The van der Waals surface area contributed by atoms with Crippen molar-refractivity contribution in [2.24, 2.45) is 0 Å². The molecule has 1 amide bonds. The van der Waals surface area contributed by atoms with Crippen LogP contribution < -0.4 is 10.1 Å². The third-order valence-corrected chi connectivity index (χ3v) is 4.31. The molecule has 0 aliphatic rings. The SMILES string of the molecule is COc1cc(/C=C(/C#N)C(=O)Nc2ccccc2Cl)ccc1SC. The summed E-state index contributed by atoms with van der Waals surface area (Å²) >= 11 is 7.57. The van der Waals surface area contributed by atoms with E-state index >= 15 is 0 Å². The number of carbonyl (C=O) groups excluding carboxylic acids is 1. The Bertz CT molecular complexity index is 828. The molecule has 0 bridgehead atoms. The summed E-state index contributed by atoms with van der Waals surface area (Å²) in [6.45, 7) is 0. The first-order chi connectivity index (χ1) is 11.6. The summed E-state index contributed by atoms with van der Waals surface area (Å²) in [6.07, 6.45) is 3.46. The van der Waals surface area contributed by atoms with E-state index in [9.17, 15) is 10.1 Å². The minimum Gasteiger partial charge on any atom is -0.496 e. The lowest BCUT2D eigenvalue weighted by molar-refractivity contribution is -0.112. The molecule has 2 aromatic carbocycles.